The van der Waals surface area contributed by atoms with Crippen molar-refractivity contribution in [3.63, 3.8) is 0 Å². The van der Waals surface area contributed by atoms with E-state index < -0.39 is 11.9 Å². The van der Waals surface area contributed by atoms with Crippen molar-refractivity contribution in [2.75, 3.05) is 13.2 Å². The Kier molecular flexibility index (Phi) is 6.45. The van der Waals surface area contributed by atoms with Crippen LogP contribution in [0, 0.1) is 5.92 Å². The van der Waals surface area contributed by atoms with E-state index in [4.69, 9.17) is 9.47 Å². The van der Waals surface area contributed by atoms with Crippen LogP contribution in [-0.2, 0) is 19.1 Å². The van der Waals surface area contributed by atoms with Crippen molar-refractivity contribution in [3.8, 4) is 0 Å². The fourth-order valence-corrected chi connectivity index (χ4v) is 0.831. The van der Waals surface area contributed by atoms with E-state index in [2.05, 4.69) is 6.58 Å². The van der Waals surface area contributed by atoms with Crippen LogP contribution in [-0.4, -0.2) is 25.2 Å². The molecule has 0 aromatic heterocycles. The van der Waals surface area contributed by atoms with E-state index in [-0.39, 0.29) is 25.6 Å². The third-order valence-corrected chi connectivity index (χ3v) is 1.39. The molecule has 0 unspecified atom stereocenters. The molecule has 0 aromatic carbocycles. The first-order chi connectivity index (χ1) is 6.67. The second kappa shape index (κ2) is 7.12. The van der Waals surface area contributed by atoms with E-state index in [0.717, 1.165) is 0 Å². The molecule has 0 N–H and O–H groups in total. The monoisotopic (exact) mass is 199 g/mol. The van der Waals surface area contributed by atoms with Gasteiger partial charge in [-0.15, -0.1) is 6.58 Å². The lowest BCUT2D eigenvalue weighted by Crippen LogP contribution is -2.25. The highest BCUT2D eigenvalue weighted by molar-refractivity contribution is 6.10. The Hall–Kier alpha value is -1.32. The number of rotatable bonds is 6. The summed E-state index contributed by atoms with van der Waals surface area (Å²) in [6.45, 7) is 7.27. The summed E-state index contributed by atoms with van der Waals surface area (Å²) < 4.78 is 9.40. The highest BCUT2D eigenvalue weighted by Crippen LogP contribution is 2.11. The standard InChI is InChI=1S/C10H15O4/c1-4-7-8(9(11)13-5-2)10(12)14-6-3/h4H,1,5-7H2,2-3H3. The van der Waals surface area contributed by atoms with Crippen LogP contribution in [0.3, 0.4) is 0 Å². The zero-order valence-corrected chi connectivity index (χ0v) is 8.54. The molecule has 0 spiro atoms. The maximum absolute atomic E-state index is 11.2. The third-order valence-electron chi connectivity index (χ3n) is 1.39. The molecule has 0 atom stereocenters. The lowest BCUT2D eigenvalue weighted by Gasteiger charge is -2.10. The van der Waals surface area contributed by atoms with Crippen molar-refractivity contribution < 1.29 is 19.1 Å². The number of hydrogen-bond donors (Lipinski definition) is 0. The zero-order valence-electron chi connectivity index (χ0n) is 8.54. The van der Waals surface area contributed by atoms with Crippen LogP contribution >= 0.6 is 0 Å². The Bertz CT molecular complexity index is 192. The Morgan fingerprint density at radius 1 is 1.14 bits per heavy atom. The molecule has 1 radical (unpaired) electrons. The number of esters is 2. The van der Waals surface area contributed by atoms with Gasteiger partial charge in [0.05, 0.1) is 13.2 Å². The highest BCUT2D eigenvalue weighted by Gasteiger charge is 2.29. The summed E-state index contributed by atoms with van der Waals surface area (Å²) in [7, 11) is 0. The molecule has 0 rings (SSSR count). The lowest BCUT2D eigenvalue weighted by molar-refractivity contribution is -0.150. The normalized spacial score (nSPS) is 9.64. The minimum absolute atomic E-state index is 0.0105. The van der Waals surface area contributed by atoms with Crippen LogP contribution in [0.2, 0.25) is 0 Å². The maximum atomic E-state index is 11.2. The van der Waals surface area contributed by atoms with Gasteiger partial charge in [0.25, 0.3) is 0 Å². The summed E-state index contributed by atoms with van der Waals surface area (Å²) in [6.07, 6.45) is 1.63. The van der Waals surface area contributed by atoms with Crippen LogP contribution in [0.15, 0.2) is 12.7 Å². The number of carbonyl (C=O) groups is 2. The van der Waals surface area contributed by atoms with Gasteiger partial charge in [-0.25, -0.2) is 0 Å². The van der Waals surface area contributed by atoms with E-state index >= 15 is 0 Å². The largest absolute Gasteiger partial charge is 0.465 e. The molecule has 0 saturated carbocycles. The van der Waals surface area contributed by atoms with Gasteiger partial charge < -0.3 is 9.47 Å². The molecule has 4 nitrogen and oxygen atoms in total. The maximum Gasteiger partial charge on any atom is 0.325 e. The lowest BCUT2D eigenvalue weighted by atomic mass is 10.1. The number of allylic oxidation sites excluding steroid dienone is 1. The summed E-state index contributed by atoms with van der Waals surface area (Å²) >= 11 is 0. The molecule has 0 aliphatic heterocycles. The van der Waals surface area contributed by atoms with Gasteiger partial charge in [0, 0.05) is 0 Å². The molecule has 0 amide bonds. The van der Waals surface area contributed by atoms with E-state index in [9.17, 15) is 9.59 Å². The van der Waals surface area contributed by atoms with Crippen molar-refractivity contribution in [1.82, 2.24) is 0 Å². The average Bonchev–Trinajstić information content (AvgIpc) is 2.14. The van der Waals surface area contributed by atoms with Crippen molar-refractivity contribution in [2.45, 2.75) is 20.3 Å². The predicted octanol–water partition coefficient (Wildman–Crippen LogP) is 1.26. The summed E-state index contributed by atoms with van der Waals surface area (Å²) in [4.78, 5) is 22.5. The molecule has 14 heavy (non-hydrogen) atoms. The van der Waals surface area contributed by atoms with Crippen molar-refractivity contribution in [2.24, 2.45) is 0 Å². The molecule has 0 heterocycles. The Labute approximate surface area is 83.9 Å². The fraction of sp³-hybridized carbons (Fsp3) is 0.500. The molecule has 4 heteroatoms. The quantitative estimate of drug-likeness (QED) is 0.367. The molecule has 79 valence electrons. The number of hydrogen-bond acceptors (Lipinski definition) is 4. The van der Waals surface area contributed by atoms with E-state index in [1.807, 2.05) is 0 Å². The SMILES string of the molecule is C=CC[C](C(=O)OCC)C(=O)OCC. The van der Waals surface area contributed by atoms with Gasteiger partial charge in [0.15, 0.2) is 5.92 Å². The highest BCUT2D eigenvalue weighted by atomic mass is 16.6. The van der Waals surface area contributed by atoms with Crippen molar-refractivity contribution in [1.29, 1.82) is 0 Å². The topological polar surface area (TPSA) is 52.6 Å². The molecule has 0 fully saturated rings. The van der Waals surface area contributed by atoms with Gasteiger partial charge in [-0.1, -0.05) is 6.08 Å². The smallest absolute Gasteiger partial charge is 0.325 e. The van der Waals surface area contributed by atoms with E-state index in [1.54, 1.807) is 13.8 Å². The van der Waals surface area contributed by atoms with Crippen LogP contribution in [0.1, 0.15) is 20.3 Å². The Morgan fingerprint density at radius 2 is 1.57 bits per heavy atom. The first-order valence-electron chi connectivity index (χ1n) is 4.48. The van der Waals surface area contributed by atoms with Crippen molar-refractivity contribution >= 4 is 11.9 Å². The molecule has 0 aliphatic carbocycles. The number of carbonyl (C=O) groups excluding carboxylic acids is 2. The minimum Gasteiger partial charge on any atom is -0.465 e. The Balaban J connectivity index is 4.33. The molecule has 0 aromatic rings. The minimum atomic E-state index is -0.633. The Morgan fingerprint density at radius 3 is 1.86 bits per heavy atom. The van der Waals surface area contributed by atoms with Gasteiger partial charge in [0.1, 0.15) is 0 Å². The molecular weight excluding hydrogens is 184 g/mol. The fourth-order valence-electron chi connectivity index (χ4n) is 0.831. The third kappa shape index (κ3) is 4.07. The summed E-state index contributed by atoms with van der Waals surface area (Å²) in [5, 5.41) is 0. The first kappa shape index (κ1) is 12.7. The number of ether oxygens (including phenoxy) is 2. The summed E-state index contributed by atoms with van der Waals surface area (Å²) in [6, 6.07) is 0. The van der Waals surface area contributed by atoms with Crippen LogP contribution < -0.4 is 0 Å². The summed E-state index contributed by atoms with van der Waals surface area (Å²) in [5.74, 6) is -1.28. The van der Waals surface area contributed by atoms with E-state index in [1.165, 1.54) is 6.08 Å². The second-order valence-electron chi connectivity index (χ2n) is 2.41. The van der Waals surface area contributed by atoms with Gasteiger partial charge in [-0.3, -0.25) is 9.59 Å². The zero-order chi connectivity index (χ0) is 11.0. The van der Waals surface area contributed by atoms with Gasteiger partial charge in [-0.05, 0) is 20.3 Å². The predicted molar refractivity (Wildman–Crippen MR) is 51.3 cm³/mol. The molecule has 0 aliphatic rings. The van der Waals surface area contributed by atoms with Crippen LogP contribution in [0.5, 0.6) is 0 Å². The first-order valence-corrected chi connectivity index (χ1v) is 4.48. The molecular formula is C10H15O4. The average molecular weight is 199 g/mol. The van der Waals surface area contributed by atoms with E-state index in [0.29, 0.717) is 0 Å². The molecule has 0 saturated heterocycles. The van der Waals surface area contributed by atoms with Gasteiger partial charge in [-0.2, -0.15) is 0 Å². The van der Waals surface area contributed by atoms with Crippen molar-refractivity contribution in [3.05, 3.63) is 18.6 Å². The van der Waals surface area contributed by atoms with Gasteiger partial charge in [0.2, 0.25) is 0 Å². The van der Waals surface area contributed by atoms with Crippen LogP contribution in [0.25, 0.3) is 0 Å². The molecule has 0 bridgehead atoms. The summed E-state index contributed by atoms with van der Waals surface area (Å²) in [5.41, 5.74) is 0. The van der Waals surface area contributed by atoms with Gasteiger partial charge >= 0.3 is 11.9 Å². The van der Waals surface area contributed by atoms with Crippen LogP contribution in [0.4, 0.5) is 0 Å². The second-order valence-corrected chi connectivity index (χ2v) is 2.41.